The molecule has 35 heavy (non-hydrogen) atoms. The molecule has 2 unspecified atom stereocenters. The molecule has 1 aliphatic carbocycles. The van der Waals surface area contributed by atoms with Gasteiger partial charge in [0.2, 0.25) is 0 Å². The lowest BCUT2D eigenvalue weighted by Crippen LogP contribution is -2.45. The minimum Gasteiger partial charge on any atom is -0.478 e. The van der Waals surface area contributed by atoms with Gasteiger partial charge in [-0.05, 0) is 64.6 Å². The van der Waals surface area contributed by atoms with E-state index < -0.39 is 11.9 Å². The predicted octanol–water partition coefficient (Wildman–Crippen LogP) is 6.11. The molecule has 1 aliphatic rings. The Balaban J connectivity index is 1.63. The molecule has 174 valence electrons. The second kappa shape index (κ2) is 8.84. The molecule has 0 radical (unpaired) electrons. The molecule has 4 aromatic carbocycles. The van der Waals surface area contributed by atoms with E-state index in [2.05, 4.69) is 30.3 Å². The van der Waals surface area contributed by atoms with Crippen LogP contribution in [0.2, 0.25) is 0 Å². The van der Waals surface area contributed by atoms with Crippen LogP contribution in [0, 0.1) is 5.92 Å². The van der Waals surface area contributed by atoms with Gasteiger partial charge in [0.25, 0.3) is 0 Å². The number of rotatable bonds is 6. The molecule has 0 amide bonds. The number of Topliss-reactive ketones (excluding diaryl/α,β-unsaturated/α-hetero) is 1. The Hall–Kier alpha value is -4.25. The van der Waals surface area contributed by atoms with Crippen LogP contribution in [0.4, 0.5) is 0 Å². The van der Waals surface area contributed by atoms with E-state index in [9.17, 15) is 24.6 Å². The highest BCUT2D eigenvalue weighted by Crippen LogP contribution is 2.62. The maximum absolute atomic E-state index is 13.0. The fraction of sp³-hybridized carbons (Fsp3) is 0.167. The summed E-state index contributed by atoms with van der Waals surface area (Å²) in [5.41, 5.74) is 3.33. The number of ketones is 1. The van der Waals surface area contributed by atoms with Crippen molar-refractivity contribution in [3.63, 3.8) is 0 Å². The largest absolute Gasteiger partial charge is 0.478 e. The number of benzene rings is 4. The first-order chi connectivity index (χ1) is 16.8. The van der Waals surface area contributed by atoms with Gasteiger partial charge in [-0.15, -0.1) is 0 Å². The molecule has 5 heteroatoms. The number of carboxylic acids is 2. The third-order valence-corrected chi connectivity index (χ3v) is 7.26. The molecule has 5 nitrogen and oxygen atoms in total. The van der Waals surface area contributed by atoms with Crippen molar-refractivity contribution < 1.29 is 24.6 Å². The Morgan fingerprint density at radius 3 is 1.54 bits per heavy atom. The Kier molecular flexibility index (Phi) is 5.69. The summed E-state index contributed by atoms with van der Waals surface area (Å²) < 4.78 is 0. The minimum absolute atomic E-state index is 0.0661. The van der Waals surface area contributed by atoms with Crippen LogP contribution in [0.1, 0.15) is 62.1 Å². The Morgan fingerprint density at radius 2 is 1.03 bits per heavy atom. The van der Waals surface area contributed by atoms with Gasteiger partial charge in [-0.1, -0.05) is 66.7 Å². The number of carbonyl (C=O) groups excluding carboxylic acids is 1. The van der Waals surface area contributed by atoms with Crippen LogP contribution in [0.15, 0.2) is 91.0 Å². The molecule has 4 atom stereocenters. The molecule has 0 heterocycles. The van der Waals surface area contributed by atoms with E-state index in [1.807, 2.05) is 24.3 Å². The summed E-state index contributed by atoms with van der Waals surface area (Å²) in [6.07, 6.45) is 0. The summed E-state index contributed by atoms with van der Waals surface area (Å²) in [6.45, 7) is 1.61. The van der Waals surface area contributed by atoms with Crippen LogP contribution in [-0.2, 0) is 4.79 Å². The van der Waals surface area contributed by atoms with E-state index in [4.69, 9.17) is 0 Å². The van der Waals surface area contributed by atoms with Gasteiger partial charge in [0.05, 0.1) is 11.1 Å². The van der Waals surface area contributed by atoms with Gasteiger partial charge >= 0.3 is 11.9 Å². The Morgan fingerprint density at radius 1 is 0.571 bits per heavy atom. The van der Waals surface area contributed by atoms with Crippen molar-refractivity contribution in [1.82, 2.24) is 0 Å². The van der Waals surface area contributed by atoms with Gasteiger partial charge in [0.15, 0.2) is 0 Å². The molecule has 0 spiro atoms. The summed E-state index contributed by atoms with van der Waals surface area (Å²) >= 11 is 0. The molecule has 0 aliphatic heterocycles. The van der Waals surface area contributed by atoms with Crippen molar-refractivity contribution in [2.24, 2.45) is 5.92 Å². The zero-order valence-corrected chi connectivity index (χ0v) is 19.1. The summed E-state index contributed by atoms with van der Waals surface area (Å²) in [7, 11) is 0. The van der Waals surface area contributed by atoms with Crippen LogP contribution in [0.25, 0.3) is 10.8 Å². The Labute approximate surface area is 202 Å². The third kappa shape index (κ3) is 3.99. The van der Waals surface area contributed by atoms with Gasteiger partial charge in [-0.3, -0.25) is 4.79 Å². The lowest BCUT2D eigenvalue weighted by molar-refractivity contribution is -0.126. The zero-order valence-electron chi connectivity index (χ0n) is 19.1. The first kappa shape index (κ1) is 22.5. The molecular formula is C30H24O5. The average Bonchev–Trinajstić information content (AvgIpc) is 2.84. The Bertz CT molecular complexity index is 1440. The lowest BCUT2D eigenvalue weighted by Gasteiger charge is -2.52. The van der Waals surface area contributed by atoms with Crippen molar-refractivity contribution in [3.05, 3.63) is 119 Å². The SMILES string of the molecule is CC(=O)[C@@H]1C(c2ccc3ccccc3c2)C(c2ccc(C(=O)O)cc2)[C@H]1c1ccc(C(=O)O)cc1. The molecular weight excluding hydrogens is 440 g/mol. The molecule has 2 N–H and O–H groups in total. The van der Waals surface area contributed by atoms with Crippen LogP contribution in [0.5, 0.6) is 0 Å². The van der Waals surface area contributed by atoms with Crippen LogP contribution >= 0.6 is 0 Å². The highest BCUT2D eigenvalue weighted by Gasteiger charge is 2.54. The number of carbonyl (C=O) groups is 3. The van der Waals surface area contributed by atoms with Crippen LogP contribution in [-0.4, -0.2) is 27.9 Å². The number of carboxylic acid groups (broad SMARTS) is 2. The summed E-state index contributed by atoms with van der Waals surface area (Å²) in [4.78, 5) is 35.7. The van der Waals surface area contributed by atoms with Gasteiger partial charge in [-0.2, -0.15) is 0 Å². The normalized spacial score (nSPS) is 21.3. The second-order valence-corrected chi connectivity index (χ2v) is 9.17. The summed E-state index contributed by atoms with van der Waals surface area (Å²) in [6, 6.07) is 28.0. The summed E-state index contributed by atoms with van der Waals surface area (Å²) in [5, 5.41) is 20.9. The van der Waals surface area contributed by atoms with Gasteiger partial charge < -0.3 is 10.2 Å². The molecule has 0 bridgehead atoms. The van der Waals surface area contributed by atoms with Gasteiger partial charge in [0.1, 0.15) is 5.78 Å². The second-order valence-electron chi connectivity index (χ2n) is 9.17. The minimum atomic E-state index is -0.997. The number of hydrogen-bond donors (Lipinski definition) is 2. The highest BCUT2D eigenvalue weighted by molar-refractivity contribution is 5.89. The first-order valence-corrected chi connectivity index (χ1v) is 11.5. The van der Waals surface area contributed by atoms with Crippen molar-refractivity contribution >= 4 is 28.5 Å². The van der Waals surface area contributed by atoms with Crippen molar-refractivity contribution in [2.75, 3.05) is 0 Å². The molecule has 0 saturated heterocycles. The van der Waals surface area contributed by atoms with E-state index in [1.54, 1.807) is 43.3 Å². The van der Waals surface area contributed by atoms with Gasteiger partial charge in [0, 0.05) is 17.8 Å². The van der Waals surface area contributed by atoms with E-state index in [1.165, 1.54) is 0 Å². The van der Waals surface area contributed by atoms with Crippen molar-refractivity contribution in [3.8, 4) is 0 Å². The molecule has 1 saturated carbocycles. The number of aromatic carboxylic acids is 2. The first-order valence-electron chi connectivity index (χ1n) is 11.5. The predicted molar refractivity (Wildman–Crippen MR) is 133 cm³/mol. The fourth-order valence-electron chi connectivity index (χ4n) is 5.61. The number of hydrogen-bond acceptors (Lipinski definition) is 3. The third-order valence-electron chi connectivity index (χ3n) is 7.26. The van der Waals surface area contributed by atoms with Crippen LogP contribution in [0.3, 0.4) is 0 Å². The molecule has 5 rings (SSSR count). The molecule has 0 aromatic heterocycles. The van der Waals surface area contributed by atoms with E-state index in [0.717, 1.165) is 27.5 Å². The maximum Gasteiger partial charge on any atom is 0.335 e. The van der Waals surface area contributed by atoms with Gasteiger partial charge in [-0.25, -0.2) is 9.59 Å². The topological polar surface area (TPSA) is 91.7 Å². The highest BCUT2D eigenvalue weighted by atomic mass is 16.4. The van der Waals surface area contributed by atoms with Crippen LogP contribution < -0.4 is 0 Å². The molecule has 1 fully saturated rings. The van der Waals surface area contributed by atoms with E-state index in [-0.39, 0.29) is 40.6 Å². The lowest BCUT2D eigenvalue weighted by atomic mass is 9.50. The smallest absolute Gasteiger partial charge is 0.335 e. The van der Waals surface area contributed by atoms with Crippen molar-refractivity contribution in [1.29, 1.82) is 0 Å². The zero-order chi connectivity index (χ0) is 24.7. The van der Waals surface area contributed by atoms with E-state index >= 15 is 0 Å². The quantitative estimate of drug-likeness (QED) is 0.359. The monoisotopic (exact) mass is 464 g/mol. The average molecular weight is 465 g/mol. The molecule has 4 aromatic rings. The van der Waals surface area contributed by atoms with E-state index in [0.29, 0.717) is 0 Å². The maximum atomic E-state index is 13.0. The number of fused-ring (bicyclic) bond motifs is 1. The summed E-state index contributed by atoms with van der Waals surface area (Å²) in [5.74, 6) is -2.49. The fourth-order valence-corrected chi connectivity index (χ4v) is 5.61. The van der Waals surface area contributed by atoms with Crippen molar-refractivity contribution in [2.45, 2.75) is 24.7 Å². The standard InChI is InChI=1S/C30H24O5/c1-17(31)25-26(19-7-11-21(12-8-19)29(32)33)27(20-9-13-22(14-10-20)30(34)35)28(25)24-15-6-18-4-2-3-5-23(18)16-24/h2-16,25-28H,1H3,(H,32,33)(H,34,35)/t25-,26-,27?,28?/m0/s1.